The van der Waals surface area contributed by atoms with Crippen LogP contribution in [0.2, 0.25) is 0 Å². The van der Waals surface area contributed by atoms with Crippen LogP contribution in [0.4, 0.5) is 21.8 Å². The number of anilines is 3. The minimum absolute atomic E-state index is 0.0211. The summed E-state index contributed by atoms with van der Waals surface area (Å²) in [6.07, 6.45) is 5.55. The van der Waals surface area contributed by atoms with Crippen molar-refractivity contribution in [3.63, 3.8) is 0 Å². The molecule has 9 nitrogen and oxygen atoms in total. The molecule has 1 fully saturated rings. The molecule has 2 amide bonds. The number of benzene rings is 1. The van der Waals surface area contributed by atoms with Crippen LogP contribution in [0.25, 0.3) is 0 Å². The van der Waals surface area contributed by atoms with E-state index in [1.54, 1.807) is 52.4 Å². The Morgan fingerprint density at radius 3 is 2.79 bits per heavy atom. The molecule has 10 heteroatoms. The molecule has 0 unspecified atom stereocenters. The maximum atomic E-state index is 13.5. The number of nitrogens with one attached hydrogen (secondary N) is 4. The van der Waals surface area contributed by atoms with Crippen LogP contribution in [0, 0.1) is 29.5 Å². The Morgan fingerprint density at radius 1 is 1.32 bits per heavy atom. The minimum atomic E-state index is -0.534. The molecule has 1 saturated carbocycles. The van der Waals surface area contributed by atoms with Gasteiger partial charge in [0.25, 0.3) is 0 Å². The lowest BCUT2D eigenvalue weighted by atomic mass is 9.80. The van der Waals surface area contributed by atoms with Crippen molar-refractivity contribution in [1.29, 1.82) is 0 Å². The first kappa shape index (κ1) is 28.6. The number of halogens is 1. The van der Waals surface area contributed by atoms with Crippen molar-refractivity contribution in [2.45, 2.75) is 39.2 Å². The lowest BCUT2D eigenvalue weighted by Crippen LogP contribution is -2.46. The average molecular weight is 523 g/mol. The van der Waals surface area contributed by atoms with Gasteiger partial charge in [0.2, 0.25) is 17.8 Å². The first-order valence-electron chi connectivity index (χ1n) is 12.7. The Morgan fingerprint density at radius 2 is 2.11 bits per heavy atom. The van der Waals surface area contributed by atoms with Crippen LogP contribution >= 0.6 is 0 Å². The minimum Gasteiger partial charge on any atom is -0.385 e. The van der Waals surface area contributed by atoms with Crippen LogP contribution in [-0.4, -0.2) is 55.1 Å². The van der Waals surface area contributed by atoms with E-state index in [1.807, 2.05) is 0 Å². The zero-order valence-electron chi connectivity index (χ0n) is 22.2. The number of likely N-dealkylation sites (N-methyl/N-ethyl adjacent to an activating group) is 1. The number of amides is 2. The molecule has 202 valence electrons. The van der Waals surface area contributed by atoms with Gasteiger partial charge in [-0.15, -0.1) is 0 Å². The number of carbonyl (C=O) groups is 2. The summed E-state index contributed by atoms with van der Waals surface area (Å²) in [5.74, 6) is 6.15. The number of carbonyl (C=O) groups excluding carboxylic acids is 2. The van der Waals surface area contributed by atoms with Gasteiger partial charge in [-0.05, 0) is 51.3 Å². The van der Waals surface area contributed by atoms with Gasteiger partial charge in [0.15, 0.2) is 0 Å². The van der Waals surface area contributed by atoms with Crippen LogP contribution in [0.15, 0.2) is 42.1 Å². The topological polar surface area (TPSA) is 117 Å². The number of methoxy groups -OCH3 is 1. The fourth-order valence-corrected chi connectivity index (χ4v) is 4.01. The number of hydrogen-bond acceptors (Lipinski definition) is 7. The largest absolute Gasteiger partial charge is 0.385 e. The summed E-state index contributed by atoms with van der Waals surface area (Å²) in [6, 6.07) is 6.10. The molecule has 1 aliphatic rings. The lowest BCUT2D eigenvalue weighted by Gasteiger charge is -2.33. The second kappa shape index (κ2) is 14.1. The zero-order valence-corrected chi connectivity index (χ0v) is 22.2. The van der Waals surface area contributed by atoms with Gasteiger partial charge in [-0.25, -0.2) is 9.37 Å². The van der Waals surface area contributed by atoms with E-state index in [2.05, 4.69) is 43.1 Å². The van der Waals surface area contributed by atoms with E-state index in [4.69, 9.17) is 4.74 Å². The van der Waals surface area contributed by atoms with E-state index in [0.717, 1.165) is 19.3 Å². The van der Waals surface area contributed by atoms with E-state index in [9.17, 15) is 14.0 Å². The summed E-state index contributed by atoms with van der Waals surface area (Å²) in [5.41, 5.74) is 1.64. The molecular formula is C28H35FN6O3. The van der Waals surface area contributed by atoms with Crippen LogP contribution in [0.3, 0.4) is 0 Å². The van der Waals surface area contributed by atoms with E-state index in [-0.39, 0.29) is 29.6 Å². The van der Waals surface area contributed by atoms with Crippen molar-refractivity contribution in [2.75, 3.05) is 37.9 Å². The Balaban J connectivity index is 1.62. The molecule has 4 N–H and O–H groups in total. The summed E-state index contributed by atoms with van der Waals surface area (Å²) >= 11 is 0. The Hall–Kier alpha value is -3.97. The van der Waals surface area contributed by atoms with Gasteiger partial charge in [0.1, 0.15) is 11.6 Å². The van der Waals surface area contributed by atoms with Gasteiger partial charge in [0, 0.05) is 50.5 Å². The van der Waals surface area contributed by atoms with E-state index in [1.165, 1.54) is 12.1 Å². The zero-order chi connectivity index (χ0) is 27.5. The molecule has 0 radical (unpaired) electrons. The molecular weight excluding hydrogens is 487 g/mol. The normalized spacial score (nSPS) is 17.3. The molecule has 0 saturated heterocycles. The maximum absolute atomic E-state index is 13.5. The predicted molar refractivity (Wildman–Crippen MR) is 145 cm³/mol. The number of allylic oxidation sites excluding steroid dienone is 1. The summed E-state index contributed by atoms with van der Waals surface area (Å²) < 4.78 is 18.7. The Labute approximate surface area is 223 Å². The third-order valence-corrected chi connectivity index (χ3v) is 6.24. The van der Waals surface area contributed by atoms with Crippen LogP contribution in [0.1, 0.15) is 38.7 Å². The number of hydrogen-bond donors (Lipinski definition) is 4. The standard InChI is InChI=1S/C28H35FN6O3/c1-5-24(27(37)30-3)18(2)26(36)33-23-14-19(15-23)10-11-20-17-32-28(34-22-9-6-8-21(29)16-22)35-25(20)31-12-7-13-38-4/h5-6,8-9,16-19,23H,7,12-15H2,1-4H3,(H,30,37)(H,33,36)(H2,31,32,34,35)/b24-5-/t18-,19?,23?/m0/s1. The fourth-order valence-electron chi connectivity index (χ4n) is 4.01. The fraction of sp³-hybridized carbons (Fsp3) is 0.429. The highest BCUT2D eigenvalue weighted by Crippen LogP contribution is 2.28. The van der Waals surface area contributed by atoms with Crippen molar-refractivity contribution in [3.8, 4) is 11.8 Å². The molecule has 0 spiro atoms. The first-order valence-corrected chi connectivity index (χ1v) is 12.7. The van der Waals surface area contributed by atoms with Crippen molar-refractivity contribution in [2.24, 2.45) is 11.8 Å². The number of nitrogens with zero attached hydrogens (tertiary/aromatic N) is 2. The van der Waals surface area contributed by atoms with E-state index < -0.39 is 5.92 Å². The maximum Gasteiger partial charge on any atom is 0.247 e. The van der Waals surface area contributed by atoms with Gasteiger partial charge in [-0.3, -0.25) is 9.59 Å². The molecule has 1 atom stereocenters. The number of aromatic nitrogens is 2. The highest BCUT2D eigenvalue weighted by atomic mass is 19.1. The number of ether oxygens (including phenoxy) is 1. The van der Waals surface area contributed by atoms with Crippen LogP contribution in [0.5, 0.6) is 0 Å². The molecule has 1 aliphatic carbocycles. The molecule has 2 aromatic rings. The second-order valence-corrected chi connectivity index (χ2v) is 9.05. The average Bonchev–Trinajstić information content (AvgIpc) is 2.88. The van der Waals surface area contributed by atoms with Gasteiger partial charge < -0.3 is 26.0 Å². The van der Waals surface area contributed by atoms with E-state index >= 15 is 0 Å². The summed E-state index contributed by atoms with van der Waals surface area (Å²) in [7, 11) is 3.20. The smallest absolute Gasteiger partial charge is 0.247 e. The molecule has 1 aromatic heterocycles. The van der Waals surface area contributed by atoms with Crippen LogP contribution < -0.4 is 21.3 Å². The predicted octanol–water partition coefficient (Wildman–Crippen LogP) is 3.38. The third kappa shape index (κ3) is 8.02. The lowest BCUT2D eigenvalue weighted by molar-refractivity contribution is -0.127. The van der Waals surface area contributed by atoms with Crippen LogP contribution in [-0.2, 0) is 14.3 Å². The molecule has 0 bridgehead atoms. The number of rotatable bonds is 11. The second-order valence-electron chi connectivity index (χ2n) is 9.05. The monoisotopic (exact) mass is 522 g/mol. The van der Waals surface area contributed by atoms with E-state index in [0.29, 0.717) is 41.7 Å². The molecule has 3 rings (SSSR count). The van der Waals surface area contributed by atoms with Gasteiger partial charge in [-0.2, -0.15) is 4.98 Å². The molecule has 0 aliphatic heterocycles. The quantitative estimate of drug-likeness (QED) is 0.203. The summed E-state index contributed by atoms with van der Waals surface area (Å²) in [5, 5.41) is 11.9. The SMILES string of the molecule is C/C=C(\C(=O)NC)[C@H](C)C(=O)NC1CC(C#Cc2cnc(Nc3cccc(F)c3)nc2NCCCOC)C1. The Bertz CT molecular complexity index is 1220. The van der Waals surface area contributed by atoms with Crippen molar-refractivity contribution >= 4 is 29.3 Å². The third-order valence-electron chi connectivity index (χ3n) is 6.24. The Kier molecular flexibility index (Phi) is 10.6. The van der Waals surface area contributed by atoms with Crippen molar-refractivity contribution in [3.05, 3.63) is 53.5 Å². The highest BCUT2D eigenvalue weighted by Gasteiger charge is 2.31. The molecule has 38 heavy (non-hydrogen) atoms. The molecule has 1 aromatic carbocycles. The summed E-state index contributed by atoms with van der Waals surface area (Å²) in [4.78, 5) is 33.4. The van der Waals surface area contributed by atoms with Gasteiger partial charge in [-0.1, -0.05) is 24.0 Å². The van der Waals surface area contributed by atoms with Crippen molar-refractivity contribution in [1.82, 2.24) is 20.6 Å². The first-order chi connectivity index (χ1) is 18.3. The highest BCUT2D eigenvalue weighted by molar-refractivity contribution is 5.99. The summed E-state index contributed by atoms with van der Waals surface area (Å²) in [6.45, 7) is 4.72. The molecule has 1 heterocycles. The van der Waals surface area contributed by atoms with Crippen molar-refractivity contribution < 1.29 is 18.7 Å². The van der Waals surface area contributed by atoms with Gasteiger partial charge in [0.05, 0.1) is 17.7 Å². The van der Waals surface area contributed by atoms with Gasteiger partial charge >= 0.3 is 0 Å².